The van der Waals surface area contributed by atoms with Gasteiger partial charge in [0.05, 0.1) is 35.6 Å². The number of rotatable bonds is 10. The van der Waals surface area contributed by atoms with E-state index < -0.39 is 5.97 Å². The maximum atomic E-state index is 13.3. The molecule has 0 saturated carbocycles. The van der Waals surface area contributed by atoms with Crippen LogP contribution in [0.3, 0.4) is 0 Å². The molecule has 4 aromatic rings. The molecule has 226 valence electrons. The van der Waals surface area contributed by atoms with Crippen LogP contribution < -0.4 is 10.5 Å². The van der Waals surface area contributed by atoms with E-state index in [4.69, 9.17) is 32.5 Å². The first-order valence-electron chi connectivity index (χ1n) is 14.0. The second kappa shape index (κ2) is 13.1. The van der Waals surface area contributed by atoms with E-state index in [2.05, 4.69) is 24.8 Å². The van der Waals surface area contributed by atoms with E-state index in [1.165, 1.54) is 18.1 Å². The molecule has 0 bridgehead atoms. The Morgan fingerprint density at radius 3 is 2.73 bits per heavy atom. The third-order valence-corrected chi connectivity index (χ3v) is 8.70. The van der Waals surface area contributed by atoms with E-state index in [1.807, 2.05) is 18.2 Å². The van der Waals surface area contributed by atoms with Crippen molar-refractivity contribution in [2.75, 3.05) is 51.7 Å². The first kappa shape index (κ1) is 29.7. The van der Waals surface area contributed by atoms with Crippen LogP contribution in [-0.2, 0) is 16.0 Å². The number of nitrogens with one attached hydrogen (secondary N) is 1. The Kier molecular flexibility index (Phi) is 8.84. The number of H-pyrrole nitrogens is 1. The Hall–Kier alpha value is -4.37. The van der Waals surface area contributed by atoms with Gasteiger partial charge in [-0.1, -0.05) is 42.2 Å². The molecule has 14 heteroatoms. The number of fused-ring (bicyclic) bond motifs is 1. The molecule has 2 fully saturated rings. The molecule has 6 rings (SSSR count). The molecule has 0 aliphatic carbocycles. The van der Waals surface area contributed by atoms with Crippen LogP contribution in [-0.4, -0.2) is 97.0 Å². The summed E-state index contributed by atoms with van der Waals surface area (Å²) in [5.74, 6) is 0.0519. The number of carbonyl (C=O) groups excluding carboxylic acids is 1. The van der Waals surface area contributed by atoms with Gasteiger partial charge in [0.1, 0.15) is 22.2 Å². The minimum absolute atomic E-state index is 0.187. The number of thioether (sulfide) groups is 1. The molecule has 2 aliphatic heterocycles. The Morgan fingerprint density at radius 1 is 1.16 bits per heavy atom. The Balaban J connectivity index is 1.22. The number of hydrogen-bond donors (Lipinski definition) is 3. The summed E-state index contributed by atoms with van der Waals surface area (Å²) in [5, 5.41) is 9.12. The second-order valence-electron chi connectivity index (χ2n) is 10.2. The van der Waals surface area contributed by atoms with Crippen molar-refractivity contribution in [3.8, 4) is 17.1 Å². The SMILES string of the molecule is Nc1nc(-c2cc(C=C3SC(=S)N(CCc4ccc(C(=O)O)cc4)C3=O)ccc2OCCN2CCOCC2)nc2nc[nH]c12. The number of carboxylic acids is 1. The number of morpholine rings is 1. The minimum atomic E-state index is -0.980. The highest BCUT2D eigenvalue weighted by Crippen LogP contribution is 2.35. The number of benzene rings is 2. The van der Waals surface area contributed by atoms with Crippen LogP contribution in [0, 0.1) is 0 Å². The van der Waals surface area contributed by atoms with E-state index >= 15 is 0 Å². The van der Waals surface area contributed by atoms with E-state index in [1.54, 1.807) is 35.2 Å². The Bertz CT molecular complexity index is 1750. The van der Waals surface area contributed by atoms with Crippen LogP contribution in [0.5, 0.6) is 5.75 Å². The molecule has 12 nitrogen and oxygen atoms in total. The quantitative estimate of drug-likeness (QED) is 0.173. The van der Waals surface area contributed by atoms with E-state index in [0.717, 1.165) is 30.8 Å². The van der Waals surface area contributed by atoms with Gasteiger partial charge in [-0.2, -0.15) is 0 Å². The molecule has 4 N–H and O–H groups in total. The van der Waals surface area contributed by atoms with E-state index in [0.29, 0.717) is 70.3 Å². The lowest BCUT2D eigenvalue weighted by Gasteiger charge is -2.26. The highest BCUT2D eigenvalue weighted by Gasteiger charge is 2.31. The standard InChI is InChI=1S/C30H29N7O5S2/c31-25-24-27(33-17-32-24)35-26(34-25)21-15-19(3-6-22(21)42-14-11-36-9-12-41-13-10-36)16-23-28(38)37(30(43)44-23)8-7-18-1-4-20(5-2-18)29(39)40/h1-6,15-17H,7-14H2,(H,39,40)(H3,31,32,33,34,35). The lowest BCUT2D eigenvalue weighted by atomic mass is 10.1. The largest absolute Gasteiger partial charge is 0.491 e. The number of imidazole rings is 1. The van der Waals surface area contributed by atoms with Crippen molar-refractivity contribution in [2.45, 2.75) is 6.42 Å². The number of ether oxygens (including phenoxy) is 2. The number of thiocarbonyl (C=S) groups is 1. The summed E-state index contributed by atoms with van der Waals surface area (Å²) in [5.41, 5.74) is 9.70. The van der Waals surface area contributed by atoms with Gasteiger partial charge in [-0.3, -0.25) is 14.6 Å². The maximum absolute atomic E-state index is 13.3. The van der Waals surface area contributed by atoms with Gasteiger partial charge in [0.25, 0.3) is 5.91 Å². The molecule has 2 aromatic carbocycles. The average molecular weight is 632 g/mol. The van der Waals surface area contributed by atoms with E-state index in [9.17, 15) is 9.59 Å². The molecule has 44 heavy (non-hydrogen) atoms. The highest BCUT2D eigenvalue weighted by atomic mass is 32.2. The van der Waals surface area contributed by atoms with Crippen LogP contribution in [0.4, 0.5) is 5.82 Å². The lowest BCUT2D eigenvalue weighted by molar-refractivity contribution is -0.122. The van der Waals surface area contributed by atoms with Crippen molar-refractivity contribution in [1.29, 1.82) is 0 Å². The topological polar surface area (TPSA) is 160 Å². The van der Waals surface area contributed by atoms with Gasteiger partial charge in [0, 0.05) is 26.2 Å². The van der Waals surface area contributed by atoms with Crippen LogP contribution >= 0.6 is 24.0 Å². The number of nitrogens with zero attached hydrogens (tertiary/aromatic N) is 5. The molecule has 1 amide bonds. The lowest BCUT2D eigenvalue weighted by Crippen LogP contribution is -2.38. The summed E-state index contributed by atoms with van der Waals surface area (Å²) in [4.78, 5) is 45.1. The third kappa shape index (κ3) is 6.58. The van der Waals surface area contributed by atoms with Crippen LogP contribution in [0.2, 0.25) is 0 Å². The van der Waals surface area contributed by atoms with Crippen molar-refractivity contribution >= 4 is 63.2 Å². The van der Waals surface area contributed by atoms with E-state index in [-0.39, 0.29) is 17.3 Å². The number of anilines is 1. The zero-order valence-corrected chi connectivity index (χ0v) is 25.2. The number of nitrogens with two attached hydrogens (primary N) is 1. The van der Waals surface area contributed by atoms with Crippen molar-refractivity contribution in [1.82, 2.24) is 29.7 Å². The van der Waals surface area contributed by atoms with Gasteiger partial charge in [-0.05, 0) is 47.9 Å². The molecule has 0 radical (unpaired) electrons. The fraction of sp³-hybridized carbons (Fsp3) is 0.267. The fourth-order valence-electron chi connectivity index (χ4n) is 4.92. The third-order valence-electron chi connectivity index (χ3n) is 7.32. The number of aromatic nitrogens is 4. The van der Waals surface area contributed by atoms with Crippen molar-refractivity contribution in [2.24, 2.45) is 0 Å². The maximum Gasteiger partial charge on any atom is 0.335 e. The normalized spacial score (nSPS) is 16.7. The van der Waals surface area contributed by atoms with Gasteiger partial charge in [-0.15, -0.1) is 0 Å². The van der Waals surface area contributed by atoms with Crippen LogP contribution in [0.1, 0.15) is 21.5 Å². The minimum Gasteiger partial charge on any atom is -0.491 e. The van der Waals surface area contributed by atoms with Crippen LogP contribution in [0.15, 0.2) is 53.7 Å². The Labute approximate surface area is 262 Å². The van der Waals surface area contributed by atoms with Crippen molar-refractivity contribution in [3.63, 3.8) is 0 Å². The number of carboxylic acid groups (broad SMARTS) is 1. The number of nitrogen functional groups attached to an aromatic ring is 1. The summed E-state index contributed by atoms with van der Waals surface area (Å²) >= 11 is 6.77. The molecule has 4 heterocycles. The number of hydrogen-bond acceptors (Lipinski definition) is 11. The molecule has 0 atom stereocenters. The summed E-state index contributed by atoms with van der Waals surface area (Å²) < 4.78 is 12.1. The van der Waals surface area contributed by atoms with Crippen LogP contribution in [0.25, 0.3) is 28.6 Å². The summed E-state index contributed by atoms with van der Waals surface area (Å²) in [6.45, 7) is 4.74. The molecule has 2 aromatic heterocycles. The monoisotopic (exact) mass is 631 g/mol. The average Bonchev–Trinajstić information content (AvgIpc) is 3.61. The Morgan fingerprint density at radius 2 is 1.95 bits per heavy atom. The molecule has 2 saturated heterocycles. The van der Waals surface area contributed by atoms with Gasteiger partial charge >= 0.3 is 5.97 Å². The predicted octanol–water partition coefficient (Wildman–Crippen LogP) is 3.46. The molecule has 0 spiro atoms. The number of amides is 1. The first-order valence-corrected chi connectivity index (χ1v) is 15.2. The molecule has 0 unspecified atom stereocenters. The van der Waals surface area contributed by atoms with Gasteiger partial charge in [-0.25, -0.2) is 19.7 Å². The summed E-state index contributed by atoms with van der Waals surface area (Å²) in [6.07, 6.45) is 3.84. The molecular weight excluding hydrogens is 603 g/mol. The second-order valence-corrected chi connectivity index (χ2v) is 11.9. The fourth-order valence-corrected chi connectivity index (χ4v) is 6.23. The van der Waals surface area contributed by atoms with Crippen molar-refractivity contribution < 1.29 is 24.2 Å². The molecular formula is C30H29N7O5S2. The number of aromatic carboxylic acids is 1. The zero-order valence-electron chi connectivity index (χ0n) is 23.6. The van der Waals surface area contributed by atoms with Gasteiger partial charge in [0.2, 0.25) is 0 Å². The highest BCUT2D eigenvalue weighted by molar-refractivity contribution is 8.26. The molecule has 2 aliphatic rings. The summed E-state index contributed by atoms with van der Waals surface area (Å²) in [6, 6.07) is 12.2. The van der Waals surface area contributed by atoms with Gasteiger partial charge < -0.3 is 25.3 Å². The number of aromatic amines is 1. The van der Waals surface area contributed by atoms with Gasteiger partial charge in [0.15, 0.2) is 17.3 Å². The number of carbonyl (C=O) groups is 2. The zero-order chi connectivity index (χ0) is 30.6. The predicted molar refractivity (Wildman–Crippen MR) is 171 cm³/mol. The summed E-state index contributed by atoms with van der Waals surface area (Å²) in [7, 11) is 0. The first-order chi connectivity index (χ1) is 21.4. The van der Waals surface area contributed by atoms with Crippen molar-refractivity contribution in [3.05, 3.63) is 70.4 Å². The smallest absolute Gasteiger partial charge is 0.335 e.